The van der Waals surface area contributed by atoms with E-state index in [9.17, 15) is 4.79 Å². The van der Waals surface area contributed by atoms with Gasteiger partial charge in [-0.15, -0.1) is 0 Å². The van der Waals surface area contributed by atoms with Gasteiger partial charge in [0.25, 0.3) is 0 Å². The first-order chi connectivity index (χ1) is 9.12. The second-order valence-corrected chi connectivity index (χ2v) is 3.66. The van der Waals surface area contributed by atoms with Crippen LogP contribution in [-0.4, -0.2) is 26.8 Å². The van der Waals surface area contributed by atoms with Gasteiger partial charge in [-0.25, -0.2) is 4.79 Å². The van der Waals surface area contributed by atoms with Crippen molar-refractivity contribution in [2.45, 2.75) is 13.8 Å². The number of carbonyl (C=O) groups excluding carboxylic acids is 1. The first-order valence-electron chi connectivity index (χ1n) is 5.85. The van der Waals surface area contributed by atoms with Crippen LogP contribution in [0.4, 0.5) is 0 Å². The number of benzene rings is 1. The lowest BCUT2D eigenvalue weighted by atomic mass is 10.3. The maximum absolute atomic E-state index is 11.4. The molecule has 0 unspecified atom stereocenters. The highest BCUT2D eigenvalue weighted by atomic mass is 16.5. The van der Waals surface area contributed by atoms with Crippen LogP contribution in [0.15, 0.2) is 30.0 Å². The molecule has 1 aromatic carbocycles. The fraction of sp³-hybridized carbons (Fsp3) is 0.357. The van der Waals surface area contributed by atoms with E-state index < -0.39 is 5.97 Å². The third kappa shape index (κ3) is 4.21. The molecule has 0 aliphatic heterocycles. The zero-order valence-electron chi connectivity index (χ0n) is 11.6. The van der Waals surface area contributed by atoms with E-state index in [4.69, 9.17) is 18.9 Å². The number of methoxy groups -OCH3 is 2. The second-order valence-electron chi connectivity index (χ2n) is 3.66. The van der Waals surface area contributed by atoms with Gasteiger partial charge in [-0.1, -0.05) is 0 Å². The van der Waals surface area contributed by atoms with Gasteiger partial charge in [-0.05, 0) is 26.0 Å². The van der Waals surface area contributed by atoms with Crippen molar-refractivity contribution in [2.75, 3.05) is 20.8 Å². The summed E-state index contributed by atoms with van der Waals surface area (Å²) < 4.78 is 20.5. The molecule has 1 aromatic rings. The minimum atomic E-state index is -0.407. The van der Waals surface area contributed by atoms with Crippen LogP contribution in [-0.2, 0) is 9.53 Å². The van der Waals surface area contributed by atoms with E-state index in [2.05, 4.69) is 0 Å². The third-order valence-corrected chi connectivity index (χ3v) is 2.33. The molecule has 1 rings (SSSR count). The SMILES string of the molecule is CCOC(=O)/C(C)=C/Oc1ccc(OC)cc1OC. The normalized spacial score (nSPS) is 10.8. The summed E-state index contributed by atoms with van der Waals surface area (Å²) in [7, 11) is 3.10. The maximum atomic E-state index is 11.4. The van der Waals surface area contributed by atoms with Gasteiger partial charge in [0.1, 0.15) is 12.0 Å². The van der Waals surface area contributed by atoms with Crippen LogP contribution < -0.4 is 14.2 Å². The van der Waals surface area contributed by atoms with Crippen LogP contribution in [0.2, 0.25) is 0 Å². The molecule has 104 valence electrons. The summed E-state index contributed by atoms with van der Waals surface area (Å²) in [5.41, 5.74) is 0.375. The van der Waals surface area contributed by atoms with E-state index in [0.29, 0.717) is 29.4 Å². The van der Waals surface area contributed by atoms with Crippen LogP contribution in [0.5, 0.6) is 17.2 Å². The lowest BCUT2D eigenvalue weighted by Crippen LogP contribution is -2.06. The van der Waals surface area contributed by atoms with Gasteiger partial charge in [0.2, 0.25) is 0 Å². The first-order valence-corrected chi connectivity index (χ1v) is 5.85. The molecule has 0 N–H and O–H groups in total. The van der Waals surface area contributed by atoms with Crippen molar-refractivity contribution >= 4 is 5.97 Å². The van der Waals surface area contributed by atoms with E-state index in [1.54, 1.807) is 39.2 Å². The molecule has 19 heavy (non-hydrogen) atoms. The highest BCUT2D eigenvalue weighted by Crippen LogP contribution is 2.31. The number of hydrogen-bond acceptors (Lipinski definition) is 5. The minimum Gasteiger partial charge on any atom is -0.497 e. The highest BCUT2D eigenvalue weighted by Gasteiger charge is 2.08. The fourth-order valence-electron chi connectivity index (χ4n) is 1.32. The first kappa shape index (κ1) is 14.9. The van der Waals surface area contributed by atoms with E-state index >= 15 is 0 Å². The molecule has 0 saturated heterocycles. The molecule has 5 nitrogen and oxygen atoms in total. The predicted octanol–water partition coefficient (Wildman–Crippen LogP) is 2.55. The molecule has 0 heterocycles. The second kappa shape index (κ2) is 7.31. The Bertz CT molecular complexity index is 465. The molecule has 0 aliphatic rings. The zero-order valence-corrected chi connectivity index (χ0v) is 11.6. The van der Waals surface area contributed by atoms with Crippen LogP contribution in [0.1, 0.15) is 13.8 Å². The largest absolute Gasteiger partial charge is 0.497 e. The van der Waals surface area contributed by atoms with Crippen LogP contribution in [0.3, 0.4) is 0 Å². The average Bonchev–Trinajstić information content (AvgIpc) is 2.44. The molecule has 0 saturated carbocycles. The van der Waals surface area contributed by atoms with Crippen LogP contribution in [0.25, 0.3) is 0 Å². The number of esters is 1. The van der Waals surface area contributed by atoms with Gasteiger partial charge >= 0.3 is 5.97 Å². The molecular weight excluding hydrogens is 248 g/mol. The van der Waals surface area contributed by atoms with Crippen molar-refractivity contribution < 1.29 is 23.7 Å². The molecular formula is C14H18O5. The monoisotopic (exact) mass is 266 g/mol. The van der Waals surface area contributed by atoms with Crippen LogP contribution in [0, 0.1) is 0 Å². The van der Waals surface area contributed by atoms with Gasteiger partial charge < -0.3 is 18.9 Å². The lowest BCUT2D eigenvalue weighted by molar-refractivity contribution is -0.138. The molecule has 0 atom stereocenters. The minimum absolute atomic E-state index is 0.329. The van der Waals surface area contributed by atoms with Crippen molar-refractivity contribution in [1.82, 2.24) is 0 Å². The molecule has 0 radical (unpaired) electrons. The molecule has 0 aliphatic carbocycles. The van der Waals surface area contributed by atoms with Gasteiger partial charge in [0.05, 0.1) is 26.4 Å². The number of hydrogen-bond donors (Lipinski definition) is 0. The molecule has 0 fully saturated rings. The fourth-order valence-corrected chi connectivity index (χ4v) is 1.32. The summed E-state index contributed by atoms with van der Waals surface area (Å²) in [4.78, 5) is 11.4. The Balaban J connectivity index is 2.82. The molecule has 0 bridgehead atoms. The van der Waals surface area contributed by atoms with E-state index in [-0.39, 0.29) is 0 Å². The lowest BCUT2D eigenvalue weighted by Gasteiger charge is -2.09. The van der Waals surface area contributed by atoms with Crippen molar-refractivity contribution in [2.24, 2.45) is 0 Å². The smallest absolute Gasteiger partial charge is 0.336 e. The molecule has 0 spiro atoms. The van der Waals surface area contributed by atoms with E-state index in [1.807, 2.05) is 0 Å². The van der Waals surface area contributed by atoms with Crippen LogP contribution >= 0.6 is 0 Å². The highest BCUT2D eigenvalue weighted by molar-refractivity contribution is 5.87. The summed E-state index contributed by atoms with van der Waals surface area (Å²) in [5.74, 6) is 1.27. The Kier molecular flexibility index (Phi) is 5.73. The Labute approximate surface area is 112 Å². The van der Waals surface area contributed by atoms with E-state index in [0.717, 1.165) is 0 Å². The Morgan fingerprint density at radius 2 is 1.95 bits per heavy atom. The van der Waals surface area contributed by atoms with Crippen molar-refractivity contribution in [1.29, 1.82) is 0 Å². The van der Waals surface area contributed by atoms with Gasteiger partial charge in [-0.2, -0.15) is 0 Å². The summed E-state index contributed by atoms with van der Waals surface area (Å²) >= 11 is 0. The average molecular weight is 266 g/mol. The molecule has 0 aromatic heterocycles. The Hall–Kier alpha value is -2.17. The Morgan fingerprint density at radius 1 is 1.21 bits per heavy atom. The summed E-state index contributed by atoms with van der Waals surface area (Å²) in [6.07, 6.45) is 1.34. The van der Waals surface area contributed by atoms with E-state index in [1.165, 1.54) is 13.4 Å². The van der Waals surface area contributed by atoms with Gasteiger partial charge in [0.15, 0.2) is 11.5 Å². The summed E-state index contributed by atoms with van der Waals surface area (Å²) in [6, 6.07) is 5.14. The standard InChI is InChI=1S/C14H18O5/c1-5-18-14(15)10(2)9-19-12-7-6-11(16-3)8-13(12)17-4/h6-9H,5H2,1-4H3/b10-9+. The Morgan fingerprint density at radius 3 is 2.53 bits per heavy atom. The molecule has 5 heteroatoms. The number of ether oxygens (including phenoxy) is 4. The molecule has 0 amide bonds. The van der Waals surface area contributed by atoms with Crippen molar-refractivity contribution in [3.63, 3.8) is 0 Å². The predicted molar refractivity (Wildman–Crippen MR) is 70.6 cm³/mol. The van der Waals surface area contributed by atoms with Crippen molar-refractivity contribution in [3.05, 3.63) is 30.0 Å². The maximum Gasteiger partial charge on any atom is 0.336 e. The summed E-state index contributed by atoms with van der Waals surface area (Å²) in [6.45, 7) is 3.70. The topological polar surface area (TPSA) is 54.0 Å². The third-order valence-electron chi connectivity index (χ3n) is 2.33. The van der Waals surface area contributed by atoms with Crippen molar-refractivity contribution in [3.8, 4) is 17.2 Å². The van der Waals surface area contributed by atoms with Gasteiger partial charge in [0, 0.05) is 6.07 Å². The number of rotatable bonds is 6. The number of carbonyl (C=O) groups is 1. The van der Waals surface area contributed by atoms with Gasteiger partial charge in [-0.3, -0.25) is 0 Å². The zero-order chi connectivity index (χ0) is 14.3. The summed E-state index contributed by atoms with van der Waals surface area (Å²) in [5, 5.41) is 0. The quantitative estimate of drug-likeness (QED) is 0.450.